The van der Waals surface area contributed by atoms with Gasteiger partial charge in [-0.3, -0.25) is 9.59 Å². The predicted molar refractivity (Wildman–Crippen MR) is 123 cm³/mol. The number of hydrogen-bond donors (Lipinski definition) is 0. The van der Waals surface area contributed by atoms with Gasteiger partial charge in [0, 0.05) is 34.6 Å². The van der Waals surface area contributed by atoms with E-state index < -0.39 is 0 Å². The van der Waals surface area contributed by atoms with Crippen LogP contribution < -0.4 is 5.56 Å². The van der Waals surface area contributed by atoms with Crippen molar-refractivity contribution in [3.05, 3.63) is 50.3 Å². The summed E-state index contributed by atoms with van der Waals surface area (Å²) in [4.78, 5) is 27.5. The van der Waals surface area contributed by atoms with E-state index in [0.29, 0.717) is 13.0 Å². The summed E-state index contributed by atoms with van der Waals surface area (Å²) in [6.45, 7) is 6.63. The van der Waals surface area contributed by atoms with E-state index >= 15 is 0 Å². The second kappa shape index (κ2) is 8.54. The SMILES string of the molecule is CCOC(=O)CC1CC/C=C(/CC2CC2)c2c(sc(C)c2C)-c2cn(C)c(=O)cc21. The normalized spacial score (nSPS) is 20.3. The van der Waals surface area contributed by atoms with Crippen molar-refractivity contribution in [1.29, 1.82) is 0 Å². The molecule has 2 aliphatic carbocycles. The number of rotatable bonds is 5. The molecule has 0 amide bonds. The van der Waals surface area contributed by atoms with E-state index in [0.717, 1.165) is 36.3 Å². The molecule has 4 nitrogen and oxygen atoms in total. The van der Waals surface area contributed by atoms with Gasteiger partial charge in [-0.2, -0.15) is 0 Å². The highest BCUT2D eigenvalue weighted by Crippen LogP contribution is 2.48. The van der Waals surface area contributed by atoms with Gasteiger partial charge in [-0.15, -0.1) is 11.3 Å². The highest BCUT2D eigenvalue weighted by atomic mass is 32.1. The number of nitrogens with zero attached hydrogens (tertiary/aromatic N) is 1. The van der Waals surface area contributed by atoms with Crippen LogP contribution in [0.4, 0.5) is 0 Å². The van der Waals surface area contributed by atoms with Gasteiger partial charge in [-0.05, 0) is 87.0 Å². The van der Waals surface area contributed by atoms with Crippen LogP contribution in [-0.2, 0) is 16.6 Å². The van der Waals surface area contributed by atoms with Crippen molar-refractivity contribution in [1.82, 2.24) is 4.57 Å². The highest BCUT2D eigenvalue weighted by Gasteiger charge is 2.30. The Bertz CT molecular complexity index is 1060. The van der Waals surface area contributed by atoms with E-state index in [1.54, 1.807) is 10.6 Å². The van der Waals surface area contributed by atoms with Gasteiger partial charge in [-0.1, -0.05) is 6.08 Å². The minimum Gasteiger partial charge on any atom is -0.466 e. The Kier molecular flexibility index (Phi) is 6.01. The van der Waals surface area contributed by atoms with E-state index in [9.17, 15) is 9.59 Å². The molecule has 0 N–H and O–H groups in total. The Morgan fingerprint density at radius 3 is 2.73 bits per heavy atom. The molecule has 0 spiro atoms. The fraction of sp³-hybridized carbons (Fsp3) is 0.520. The molecule has 2 aromatic rings. The predicted octanol–water partition coefficient (Wildman–Crippen LogP) is 5.74. The molecule has 0 bridgehead atoms. The fourth-order valence-electron chi connectivity index (χ4n) is 4.54. The van der Waals surface area contributed by atoms with Crippen LogP contribution in [-0.4, -0.2) is 17.1 Å². The molecule has 30 heavy (non-hydrogen) atoms. The molecule has 0 aromatic carbocycles. The van der Waals surface area contributed by atoms with Gasteiger partial charge in [0.1, 0.15) is 0 Å². The molecule has 2 aromatic heterocycles. The molecule has 0 radical (unpaired) electrons. The first-order valence-electron chi connectivity index (χ1n) is 11.0. The van der Waals surface area contributed by atoms with Crippen molar-refractivity contribution in [2.24, 2.45) is 13.0 Å². The Morgan fingerprint density at radius 1 is 1.27 bits per heavy atom. The number of allylic oxidation sites excluding steroid dienone is 2. The zero-order valence-corrected chi connectivity index (χ0v) is 19.2. The zero-order valence-electron chi connectivity index (χ0n) is 18.4. The van der Waals surface area contributed by atoms with Crippen molar-refractivity contribution in [2.75, 3.05) is 6.61 Å². The van der Waals surface area contributed by atoms with Crippen LogP contribution >= 0.6 is 11.3 Å². The van der Waals surface area contributed by atoms with Crippen LogP contribution in [0.15, 0.2) is 23.1 Å². The molecule has 2 aliphatic rings. The summed E-state index contributed by atoms with van der Waals surface area (Å²) in [6.07, 6.45) is 10.2. The molecular weight excluding hydrogens is 394 g/mol. The van der Waals surface area contributed by atoms with Gasteiger partial charge in [0.2, 0.25) is 0 Å². The van der Waals surface area contributed by atoms with E-state index in [2.05, 4.69) is 19.9 Å². The van der Waals surface area contributed by atoms with Crippen molar-refractivity contribution in [2.45, 2.75) is 65.2 Å². The summed E-state index contributed by atoms with van der Waals surface area (Å²) in [5, 5.41) is 0. The number of carbonyl (C=O) groups is 1. The van der Waals surface area contributed by atoms with Crippen molar-refractivity contribution in [3.63, 3.8) is 0 Å². The number of esters is 1. The maximum Gasteiger partial charge on any atom is 0.306 e. The third-order valence-electron chi connectivity index (χ3n) is 6.48. The van der Waals surface area contributed by atoms with E-state index in [1.807, 2.05) is 31.5 Å². The minimum atomic E-state index is -0.186. The van der Waals surface area contributed by atoms with Gasteiger partial charge in [-0.25, -0.2) is 0 Å². The van der Waals surface area contributed by atoms with Crippen molar-refractivity contribution in [3.8, 4) is 10.4 Å². The van der Waals surface area contributed by atoms with E-state index in [-0.39, 0.29) is 17.4 Å². The number of fused-ring (bicyclic) bond motifs is 3. The van der Waals surface area contributed by atoms with Crippen molar-refractivity contribution < 1.29 is 9.53 Å². The topological polar surface area (TPSA) is 48.3 Å². The summed E-state index contributed by atoms with van der Waals surface area (Å²) in [6, 6.07) is 1.75. The first kappa shape index (κ1) is 21.1. The lowest BCUT2D eigenvalue weighted by molar-refractivity contribution is -0.143. The fourth-order valence-corrected chi connectivity index (χ4v) is 5.77. The molecule has 160 valence electrons. The standard InChI is InChI=1S/C25H31NO3S/c1-5-29-23(28)12-18-7-6-8-19(11-17-9-10-17)24-15(2)16(3)30-25(24)21-14-26(4)22(27)13-20(18)21/h8,13-14,17-18H,5-7,9-12H2,1-4H3/b19-8-. The average Bonchev–Trinajstić information content (AvgIpc) is 3.46. The number of ether oxygens (including phenoxy) is 1. The average molecular weight is 426 g/mol. The zero-order chi connectivity index (χ0) is 21.4. The monoisotopic (exact) mass is 425 g/mol. The van der Waals surface area contributed by atoms with Crippen LogP contribution in [0.25, 0.3) is 16.0 Å². The summed E-state index contributed by atoms with van der Waals surface area (Å²) in [5.74, 6) is 0.605. The Morgan fingerprint density at radius 2 is 2.03 bits per heavy atom. The van der Waals surface area contributed by atoms with Crippen molar-refractivity contribution >= 4 is 22.9 Å². The van der Waals surface area contributed by atoms with Gasteiger partial charge in [0.05, 0.1) is 13.0 Å². The van der Waals surface area contributed by atoms with E-state index in [4.69, 9.17) is 4.74 Å². The molecule has 4 rings (SSSR count). The maximum atomic E-state index is 12.6. The minimum absolute atomic E-state index is 0.0139. The number of carbonyl (C=O) groups excluding carboxylic acids is 1. The molecular formula is C25H31NO3S. The van der Waals surface area contributed by atoms with Gasteiger partial charge in [0.25, 0.3) is 5.56 Å². The first-order valence-corrected chi connectivity index (χ1v) is 11.9. The number of aromatic nitrogens is 1. The van der Waals surface area contributed by atoms with Crippen LogP contribution in [0.2, 0.25) is 0 Å². The molecule has 5 heteroatoms. The van der Waals surface area contributed by atoms with Gasteiger partial charge < -0.3 is 9.30 Å². The number of aryl methyl sites for hydroxylation is 2. The Balaban J connectivity index is 1.90. The van der Waals surface area contributed by atoms with Crippen LogP contribution in [0.1, 0.15) is 72.9 Å². The highest BCUT2D eigenvalue weighted by molar-refractivity contribution is 7.16. The van der Waals surface area contributed by atoms with Crippen LogP contribution in [0.5, 0.6) is 0 Å². The maximum absolute atomic E-state index is 12.6. The Hall–Kier alpha value is -2.14. The van der Waals surface area contributed by atoms with Gasteiger partial charge >= 0.3 is 5.97 Å². The van der Waals surface area contributed by atoms with Crippen LogP contribution in [0, 0.1) is 19.8 Å². The molecule has 1 atom stereocenters. The smallest absolute Gasteiger partial charge is 0.306 e. The third-order valence-corrected chi connectivity index (χ3v) is 7.72. The van der Waals surface area contributed by atoms with Crippen LogP contribution in [0.3, 0.4) is 0 Å². The lowest BCUT2D eigenvalue weighted by atomic mass is 9.88. The van der Waals surface area contributed by atoms with E-state index in [1.165, 1.54) is 39.3 Å². The first-order chi connectivity index (χ1) is 14.4. The molecule has 0 aliphatic heterocycles. The molecule has 1 fully saturated rings. The molecule has 1 unspecified atom stereocenters. The molecule has 0 saturated heterocycles. The summed E-state index contributed by atoms with van der Waals surface area (Å²) in [5.41, 5.74) is 6.23. The second-order valence-electron chi connectivity index (χ2n) is 8.74. The number of hydrogen-bond acceptors (Lipinski definition) is 4. The third kappa shape index (κ3) is 4.18. The summed E-state index contributed by atoms with van der Waals surface area (Å²) < 4.78 is 6.92. The summed E-state index contributed by atoms with van der Waals surface area (Å²) in [7, 11) is 1.81. The number of pyridine rings is 1. The molecule has 2 heterocycles. The Labute approximate surface area is 182 Å². The lowest BCUT2D eigenvalue weighted by Gasteiger charge is -2.19. The summed E-state index contributed by atoms with van der Waals surface area (Å²) >= 11 is 1.82. The number of thiophene rings is 1. The quantitative estimate of drug-likeness (QED) is 0.574. The molecule has 1 saturated carbocycles. The largest absolute Gasteiger partial charge is 0.466 e. The van der Waals surface area contributed by atoms with Gasteiger partial charge in [0.15, 0.2) is 0 Å². The lowest BCUT2D eigenvalue weighted by Crippen LogP contribution is -2.19. The second-order valence-corrected chi connectivity index (χ2v) is 9.96.